The minimum absolute atomic E-state index is 0.150. The van der Waals surface area contributed by atoms with Gasteiger partial charge in [-0.1, -0.05) is 12.5 Å². The lowest BCUT2D eigenvalue weighted by Gasteiger charge is -2.23. The van der Waals surface area contributed by atoms with Crippen molar-refractivity contribution in [3.05, 3.63) is 30.1 Å². The van der Waals surface area contributed by atoms with Crippen molar-refractivity contribution in [3.63, 3.8) is 0 Å². The van der Waals surface area contributed by atoms with Crippen molar-refractivity contribution < 1.29 is 4.39 Å². The first kappa shape index (κ1) is 9.20. The van der Waals surface area contributed by atoms with Crippen LogP contribution in [0.4, 0.5) is 10.1 Å². The lowest BCUT2D eigenvalue weighted by molar-refractivity contribution is 0.439. The van der Waals surface area contributed by atoms with Gasteiger partial charge in [0.2, 0.25) is 0 Å². The third kappa shape index (κ3) is 1.73. The molecule has 0 unspecified atom stereocenters. The van der Waals surface area contributed by atoms with Gasteiger partial charge in [-0.15, -0.1) is 0 Å². The summed E-state index contributed by atoms with van der Waals surface area (Å²) in [5.41, 5.74) is 0.938. The van der Waals surface area contributed by atoms with Crippen molar-refractivity contribution in [3.8, 4) is 0 Å². The highest BCUT2D eigenvalue weighted by molar-refractivity contribution is 5.44. The van der Waals surface area contributed by atoms with Gasteiger partial charge in [0, 0.05) is 11.7 Å². The van der Waals surface area contributed by atoms with Crippen LogP contribution < -0.4 is 5.32 Å². The van der Waals surface area contributed by atoms with Crippen LogP contribution in [-0.2, 0) is 0 Å². The fourth-order valence-corrected chi connectivity index (χ4v) is 3.21. The van der Waals surface area contributed by atoms with E-state index in [9.17, 15) is 4.39 Å². The molecule has 3 rings (SSSR count). The largest absolute Gasteiger partial charge is 0.382 e. The van der Waals surface area contributed by atoms with Gasteiger partial charge in [0.05, 0.1) is 0 Å². The van der Waals surface area contributed by atoms with Crippen molar-refractivity contribution in [1.82, 2.24) is 0 Å². The van der Waals surface area contributed by atoms with Crippen molar-refractivity contribution in [2.24, 2.45) is 11.8 Å². The van der Waals surface area contributed by atoms with E-state index in [0.29, 0.717) is 6.04 Å². The van der Waals surface area contributed by atoms with E-state index in [0.717, 1.165) is 17.5 Å². The summed E-state index contributed by atoms with van der Waals surface area (Å²) in [5.74, 6) is 1.61. The fraction of sp³-hybridized carbons (Fsp3) is 0.538. The van der Waals surface area contributed by atoms with Gasteiger partial charge in [-0.3, -0.25) is 0 Å². The molecule has 1 aromatic rings. The first-order valence-electron chi connectivity index (χ1n) is 5.83. The van der Waals surface area contributed by atoms with E-state index >= 15 is 0 Å². The summed E-state index contributed by atoms with van der Waals surface area (Å²) in [6, 6.07) is 7.39. The maximum Gasteiger partial charge on any atom is 0.125 e. The lowest BCUT2D eigenvalue weighted by atomic mass is 9.95. The number of nitrogens with one attached hydrogen (secondary N) is 1. The van der Waals surface area contributed by atoms with E-state index in [-0.39, 0.29) is 5.82 Å². The van der Waals surface area contributed by atoms with Crippen molar-refractivity contribution in [2.45, 2.75) is 31.7 Å². The molecule has 2 bridgehead atoms. The highest BCUT2D eigenvalue weighted by atomic mass is 19.1. The van der Waals surface area contributed by atoms with E-state index < -0.39 is 0 Å². The van der Waals surface area contributed by atoms with Crippen LogP contribution >= 0.6 is 0 Å². The predicted molar refractivity (Wildman–Crippen MR) is 59.3 cm³/mol. The molecule has 3 atom stereocenters. The van der Waals surface area contributed by atoms with Crippen LogP contribution in [-0.4, -0.2) is 6.04 Å². The Morgan fingerprint density at radius 1 is 1.20 bits per heavy atom. The third-order valence-electron chi connectivity index (χ3n) is 3.91. The molecule has 2 fully saturated rings. The standard InChI is InChI=1S/C13H16FN/c14-11-2-1-3-12(8-11)15-13-7-9-4-5-10(13)6-9/h1-3,8-10,13,15H,4-7H2/t9-,10+,13-/m0/s1. The Kier molecular flexibility index (Phi) is 2.15. The molecule has 0 aliphatic heterocycles. The molecule has 1 nitrogen and oxygen atoms in total. The number of hydrogen-bond acceptors (Lipinski definition) is 1. The molecule has 1 aromatic carbocycles. The van der Waals surface area contributed by atoms with Crippen LogP contribution in [0.15, 0.2) is 24.3 Å². The summed E-state index contributed by atoms with van der Waals surface area (Å²) >= 11 is 0. The van der Waals surface area contributed by atoms with Crippen molar-refractivity contribution >= 4 is 5.69 Å². The van der Waals surface area contributed by atoms with Crippen LogP contribution in [0.1, 0.15) is 25.7 Å². The SMILES string of the molecule is Fc1cccc(N[C@H]2C[C@H]3CC[C@@H]2C3)c1. The average molecular weight is 205 g/mol. The van der Waals surface area contributed by atoms with Crippen molar-refractivity contribution in [2.75, 3.05) is 5.32 Å². The summed E-state index contributed by atoms with van der Waals surface area (Å²) in [5, 5.41) is 3.47. The molecule has 0 spiro atoms. The molecule has 1 N–H and O–H groups in total. The predicted octanol–water partition coefficient (Wildman–Crippen LogP) is 3.43. The topological polar surface area (TPSA) is 12.0 Å². The maximum atomic E-state index is 13.0. The van der Waals surface area contributed by atoms with Crippen LogP contribution in [0.5, 0.6) is 0 Å². The minimum Gasteiger partial charge on any atom is -0.382 e. The number of anilines is 1. The Hall–Kier alpha value is -1.05. The van der Waals surface area contributed by atoms with E-state index in [2.05, 4.69) is 5.32 Å². The maximum absolute atomic E-state index is 13.0. The zero-order chi connectivity index (χ0) is 10.3. The van der Waals surface area contributed by atoms with Gasteiger partial charge in [0.15, 0.2) is 0 Å². The average Bonchev–Trinajstić information content (AvgIpc) is 2.79. The highest BCUT2D eigenvalue weighted by Gasteiger charge is 2.39. The van der Waals surface area contributed by atoms with Gasteiger partial charge in [0.1, 0.15) is 5.82 Å². The molecular formula is C13H16FN. The molecule has 0 heterocycles. The van der Waals surface area contributed by atoms with Crippen LogP contribution in [0.25, 0.3) is 0 Å². The van der Waals surface area contributed by atoms with Gasteiger partial charge < -0.3 is 5.32 Å². The molecule has 0 aromatic heterocycles. The minimum atomic E-state index is -0.150. The number of halogens is 1. The van der Waals surface area contributed by atoms with E-state index in [1.807, 2.05) is 6.07 Å². The molecular weight excluding hydrogens is 189 g/mol. The molecule has 80 valence electrons. The Morgan fingerprint density at radius 2 is 2.13 bits per heavy atom. The second-order valence-electron chi connectivity index (χ2n) is 4.94. The number of rotatable bonds is 2. The van der Waals surface area contributed by atoms with Crippen molar-refractivity contribution in [1.29, 1.82) is 0 Å². The zero-order valence-corrected chi connectivity index (χ0v) is 8.75. The van der Waals surface area contributed by atoms with Crippen LogP contribution in [0.2, 0.25) is 0 Å². The number of benzene rings is 1. The third-order valence-corrected chi connectivity index (χ3v) is 3.91. The second kappa shape index (κ2) is 3.51. The Morgan fingerprint density at radius 3 is 2.80 bits per heavy atom. The zero-order valence-electron chi connectivity index (χ0n) is 8.75. The molecule has 15 heavy (non-hydrogen) atoms. The van der Waals surface area contributed by atoms with Crippen LogP contribution in [0, 0.1) is 17.7 Å². The van der Waals surface area contributed by atoms with Gasteiger partial charge in [-0.2, -0.15) is 0 Å². The first-order chi connectivity index (χ1) is 7.31. The summed E-state index contributed by atoms with van der Waals surface area (Å²) in [4.78, 5) is 0. The summed E-state index contributed by atoms with van der Waals surface area (Å²) in [6.45, 7) is 0. The van der Waals surface area contributed by atoms with Gasteiger partial charge in [0.25, 0.3) is 0 Å². The number of hydrogen-bond donors (Lipinski definition) is 1. The quantitative estimate of drug-likeness (QED) is 0.780. The molecule has 2 saturated carbocycles. The summed E-state index contributed by atoms with van der Waals surface area (Å²) < 4.78 is 13.0. The van der Waals surface area contributed by atoms with Gasteiger partial charge in [-0.25, -0.2) is 4.39 Å². The van der Waals surface area contributed by atoms with Gasteiger partial charge >= 0.3 is 0 Å². The Labute approximate surface area is 89.7 Å². The van der Waals surface area contributed by atoms with Crippen LogP contribution in [0.3, 0.4) is 0 Å². The van der Waals surface area contributed by atoms with E-state index in [1.54, 1.807) is 12.1 Å². The van der Waals surface area contributed by atoms with Gasteiger partial charge in [-0.05, 0) is 49.3 Å². The highest BCUT2D eigenvalue weighted by Crippen LogP contribution is 2.45. The lowest BCUT2D eigenvalue weighted by Crippen LogP contribution is -2.25. The Bertz CT molecular complexity index is 363. The molecule has 0 radical (unpaired) electrons. The van der Waals surface area contributed by atoms with E-state index in [1.165, 1.54) is 31.7 Å². The molecule has 0 saturated heterocycles. The van der Waals surface area contributed by atoms with E-state index in [4.69, 9.17) is 0 Å². The normalized spacial score (nSPS) is 33.3. The smallest absolute Gasteiger partial charge is 0.125 e. The molecule has 2 heteroatoms. The number of fused-ring (bicyclic) bond motifs is 2. The summed E-state index contributed by atoms with van der Waals surface area (Å²) in [7, 11) is 0. The Balaban J connectivity index is 1.71. The first-order valence-corrected chi connectivity index (χ1v) is 5.83. The monoisotopic (exact) mass is 205 g/mol. The molecule has 2 aliphatic carbocycles. The summed E-state index contributed by atoms with van der Waals surface area (Å²) in [6.07, 6.45) is 5.43. The molecule has 0 amide bonds. The fourth-order valence-electron chi connectivity index (χ4n) is 3.21. The molecule has 2 aliphatic rings. The second-order valence-corrected chi connectivity index (χ2v) is 4.94.